The predicted octanol–water partition coefficient (Wildman–Crippen LogP) is -2.14. The summed E-state index contributed by atoms with van der Waals surface area (Å²) in [6.45, 7) is 6.05. The molecular formula is C62H88N18O13S. The van der Waals surface area contributed by atoms with Crippen LogP contribution in [0.5, 0.6) is 0 Å². The van der Waals surface area contributed by atoms with Crippen molar-refractivity contribution in [2.75, 3.05) is 45.0 Å². The van der Waals surface area contributed by atoms with Gasteiger partial charge in [-0.1, -0.05) is 88.4 Å². The minimum Gasteiger partial charge on any atom is -0.480 e. The van der Waals surface area contributed by atoms with E-state index in [0.29, 0.717) is 17.5 Å². The predicted molar refractivity (Wildman–Crippen MR) is 352 cm³/mol. The number of aliphatic carboxylic acids is 1. The molecule has 510 valence electrons. The van der Waals surface area contributed by atoms with Crippen molar-refractivity contribution in [2.45, 2.75) is 141 Å². The number of carbonyl (C=O) groups is 12. The Morgan fingerprint density at radius 1 is 0.628 bits per heavy atom. The van der Waals surface area contributed by atoms with Gasteiger partial charge in [-0.3, -0.25) is 63.6 Å². The van der Waals surface area contributed by atoms with Crippen molar-refractivity contribution in [3.63, 3.8) is 0 Å². The zero-order chi connectivity index (χ0) is 69.2. The second-order valence-electron chi connectivity index (χ2n) is 23.7. The van der Waals surface area contributed by atoms with Crippen LogP contribution in [0.1, 0.15) is 90.7 Å². The molecule has 0 spiro atoms. The molecule has 1 fully saturated rings. The molecule has 2 heterocycles. The number of nitrogens with one attached hydrogen (secondary N) is 15. The van der Waals surface area contributed by atoms with E-state index in [-0.39, 0.29) is 88.7 Å². The number of hydrogen-bond donors (Lipinski definition) is 19. The van der Waals surface area contributed by atoms with Crippen LogP contribution in [0, 0.1) is 16.2 Å². The van der Waals surface area contributed by atoms with E-state index in [1.54, 1.807) is 46.0 Å². The smallest absolute Gasteiger partial charge is 0.326 e. The first-order valence-electron chi connectivity index (χ1n) is 30.8. The van der Waals surface area contributed by atoms with Crippen LogP contribution in [-0.4, -0.2) is 191 Å². The van der Waals surface area contributed by atoms with E-state index >= 15 is 9.59 Å². The van der Waals surface area contributed by atoms with Gasteiger partial charge in [0.1, 0.15) is 48.3 Å². The maximum atomic E-state index is 15.1. The first kappa shape index (κ1) is 74.7. The molecule has 3 aromatic carbocycles. The van der Waals surface area contributed by atoms with Crippen LogP contribution in [0.2, 0.25) is 0 Å². The number of guanidine groups is 2. The lowest BCUT2D eigenvalue weighted by atomic mass is 9.87. The number of nitrogens with two attached hydrogens (primary N) is 2. The largest absolute Gasteiger partial charge is 0.480 e. The van der Waals surface area contributed by atoms with Gasteiger partial charge in [-0.2, -0.15) is 12.6 Å². The Hall–Kier alpha value is -10.0. The maximum absolute atomic E-state index is 15.1. The zero-order valence-corrected chi connectivity index (χ0v) is 54.2. The molecule has 94 heavy (non-hydrogen) atoms. The van der Waals surface area contributed by atoms with Crippen molar-refractivity contribution >= 4 is 117 Å². The first-order valence-corrected chi connectivity index (χ1v) is 31.4. The Labute approximate surface area is 548 Å². The molecule has 20 N–H and O–H groups in total. The number of aromatic nitrogens is 1. The normalized spacial score (nSPS) is 15.0. The zero-order valence-electron chi connectivity index (χ0n) is 53.3. The van der Waals surface area contributed by atoms with E-state index < -0.39 is 144 Å². The van der Waals surface area contributed by atoms with Gasteiger partial charge in [-0.15, -0.1) is 0 Å². The van der Waals surface area contributed by atoms with Gasteiger partial charge in [0.25, 0.3) is 0 Å². The summed E-state index contributed by atoms with van der Waals surface area (Å²) in [5.41, 5.74) is 12.0. The molecule has 1 aliphatic rings. The van der Waals surface area contributed by atoms with Crippen LogP contribution >= 0.6 is 12.6 Å². The molecule has 0 radical (unpaired) electrons. The number of H-pyrrole nitrogens is 1. The van der Waals surface area contributed by atoms with E-state index in [1.807, 2.05) is 54.6 Å². The molecule has 32 heteroatoms. The molecule has 4 aromatic rings. The van der Waals surface area contributed by atoms with Gasteiger partial charge in [0, 0.05) is 62.3 Å². The number of fused-ring (bicyclic) bond motifs is 2. The number of rotatable bonds is 35. The maximum Gasteiger partial charge on any atom is 0.326 e. The minimum atomic E-state index is -1.42. The number of para-hydroxylation sites is 1. The summed E-state index contributed by atoms with van der Waals surface area (Å²) >= 11 is 4.16. The molecule has 31 nitrogen and oxygen atoms in total. The molecule has 1 aromatic heterocycles. The molecular weight excluding hydrogens is 1240 g/mol. The highest BCUT2D eigenvalue weighted by molar-refractivity contribution is 7.80. The van der Waals surface area contributed by atoms with E-state index in [4.69, 9.17) is 22.3 Å². The average Bonchev–Trinajstić information content (AvgIpc) is 1.60. The lowest BCUT2D eigenvalue weighted by molar-refractivity contribution is -0.145. The summed E-state index contributed by atoms with van der Waals surface area (Å²) in [7, 11) is 0. The Bertz CT molecular complexity index is 3410. The Kier molecular flexibility index (Phi) is 28.8. The standard InChI is InChI=1S/C62H88N18O13S/c1-6-40(52(85)70-32-50(84)79-51(59(92)93)62(3,4)5)74-48(82)31-72-57(90)47-20-13-25-80(47)58(91)45(28-38-29-69-41-17-10-9-16-39(38)41)78-55(88)44(27-35-21-22-36-14-7-8-15-37(36)26-35)75-49(83)30-71-53(86)42(18-11-23-67-60(63)64)76-54(87)43(19-12-24-68-61(65)66)77-56(89)46(33-94)73-34(2)81/h7-10,14-17,21-22,26,29,40,42-47,51,69,94H,6,11-13,18-20,23-25,27-28,30-33H2,1-5H3,(H,70,85)(H,71,86)(H,72,90)(H,73,81)(H,74,82)(H,75,83)(H,76,87)(H,77,89)(H,78,88)(H,79,84)(H,92,93)(H4,63,64,67)(H4,65,66,68)/t40-,42-,43+,44-,45-,46-,47-,51?/m0/s1. The number of carboxylic acid groups (broad SMARTS) is 1. The van der Waals surface area contributed by atoms with Crippen LogP contribution in [0.25, 0.3) is 21.7 Å². The summed E-state index contributed by atoms with van der Waals surface area (Å²) in [6, 6.07) is 10.1. The number of carboxylic acids is 1. The van der Waals surface area contributed by atoms with Crippen LogP contribution in [-0.2, 0) is 70.4 Å². The fourth-order valence-corrected chi connectivity index (χ4v) is 10.7. The number of benzene rings is 3. The average molecular weight is 1330 g/mol. The number of aromatic amines is 1. The molecule has 0 saturated carbocycles. The first-order chi connectivity index (χ1) is 44.6. The molecule has 5 rings (SSSR count). The molecule has 0 aliphatic carbocycles. The molecule has 8 atom stereocenters. The fourth-order valence-electron chi connectivity index (χ4n) is 10.5. The third-order valence-electron chi connectivity index (χ3n) is 15.3. The topological polar surface area (TPSA) is 488 Å². The third kappa shape index (κ3) is 23.6. The summed E-state index contributed by atoms with van der Waals surface area (Å²) in [4.78, 5) is 167. The van der Waals surface area contributed by atoms with E-state index in [2.05, 4.69) is 81.4 Å². The van der Waals surface area contributed by atoms with Crippen molar-refractivity contribution in [3.05, 3.63) is 84.1 Å². The van der Waals surface area contributed by atoms with E-state index in [9.17, 15) is 53.1 Å². The van der Waals surface area contributed by atoms with Gasteiger partial charge in [0.05, 0.1) is 19.6 Å². The Morgan fingerprint density at radius 3 is 1.74 bits per heavy atom. The quantitative estimate of drug-likeness (QED) is 0.0101. The summed E-state index contributed by atoms with van der Waals surface area (Å²) < 4.78 is 0. The van der Waals surface area contributed by atoms with Crippen molar-refractivity contribution < 1.29 is 62.6 Å². The highest BCUT2D eigenvalue weighted by Gasteiger charge is 2.40. The number of likely N-dealkylation sites (tertiary alicyclic amines) is 1. The summed E-state index contributed by atoms with van der Waals surface area (Å²) in [5.74, 6) is -10.4. The van der Waals surface area contributed by atoms with E-state index in [1.165, 1.54) is 11.8 Å². The summed E-state index contributed by atoms with van der Waals surface area (Å²) in [5, 5.41) is 58.0. The molecule has 1 unspecified atom stereocenters. The van der Waals surface area contributed by atoms with Crippen LogP contribution in [0.3, 0.4) is 0 Å². The van der Waals surface area contributed by atoms with Crippen molar-refractivity contribution in [1.82, 2.24) is 73.7 Å². The van der Waals surface area contributed by atoms with Gasteiger partial charge in [-0.05, 0) is 78.3 Å². The molecule has 1 aliphatic heterocycles. The van der Waals surface area contributed by atoms with Gasteiger partial charge in [-0.25, -0.2) is 4.79 Å². The third-order valence-corrected chi connectivity index (χ3v) is 15.7. The number of hydrogen-bond acceptors (Lipinski definition) is 15. The van der Waals surface area contributed by atoms with Crippen LogP contribution < -0.4 is 75.3 Å². The number of carbonyl (C=O) groups excluding carboxylic acids is 11. The molecule has 1 saturated heterocycles. The second-order valence-corrected chi connectivity index (χ2v) is 24.1. The SMILES string of the molecule is CC[C@H](NC(=O)CNC(=O)[C@@H]1CCCN1C(=O)[C@H](Cc1c[nH]c2ccccc12)NC(=O)[C@H](Cc1ccc2ccccc2c1)NC(=O)CNC(=O)[C@H](CCCNC(=N)N)NC(=O)[C@@H](CCCNC(=N)N)NC(=O)[C@H](CS)NC(C)=O)C(=O)NCC(=O)NC(C(=O)O)C(C)(C)C. The van der Waals surface area contributed by atoms with E-state index in [0.717, 1.165) is 21.7 Å². The molecule has 11 amide bonds. The van der Waals surface area contributed by atoms with Gasteiger partial charge < -0.3 is 90.3 Å². The van der Waals surface area contributed by atoms with Gasteiger partial charge in [0.2, 0.25) is 65.0 Å². The van der Waals surface area contributed by atoms with Crippen LogP contribution in [0.4, 0.5) is 0 Å². The lowest BCUT2D eigenvalue weighted by Crippen LogP contribution is -2.59. The van der Waals surface area contributed by atoms with Crippen LogP contribution in [0.15, 0.2) is 72.9 Å². The highest BCUT2D eigenvalue weighted by Crippen LogP contribution is 2.24. The number of nitrogens with zero attached hydrogens (tertiary/aromatic N) is 1. The van der Waals surface area contributed by atoms with Crippen molar-refractivity contribution in [2.24, 2.45) is 16.9 Å². The monoisotopic (exact) mass is 1320 g/mol. The Balaban J connectivity index is 1.35. The lowest BCUT2D eigenvalue weighted by Gasteiger charge is -2.30. The fraction of sp³-hybridized carbons (Fsp3) is 0.484. The summed E-state index contributed by atoms with van der Waals surface area (Å²) in [6.07, 6.45) is 2.32. The van der Waals surface area contributed by atoms with Gasteiger partial charge >= 0.3 is 5.97 Å². The number of thiol groups is 1. The van der Waals surface area contributed by atoms with Crippen molar-refractivity contribution in [3.8, 4) is 0 Å². The van der Waals surface area contributed by atoms with Gasteiger partial charge in [0.15, 0.2) is 11.9 Å². The Morgan fingerprint density at radius 2 is 1.16 bits per heavy atom. The van der Waals surface area contributed by atoms with Crippen molar-refractivity contribution in [1.29, 1.82) is 10.8 Å². The minimum absolute atomic E-state index is 0.0286. The molecule has 0 bridgehead atoms. The highest BCUT2D eigenvalue weighted by atomic mass is 32.1. The second kappa shape index (κ2) is 36.3. The number of amides is 11.